The lowest BCUT2D eigenvalue weighted by Gasteiger charge is -2.26. The maximum absolute atomic E-state index is 5.55. The number of hydrogen-bond acceptors (Lipinski definition) is 3. The van der Waals surface area contributed by atoms with Gasteiger partial charge in [-0.05, 0) is 104 Å². The Morgan fingerprint density at radius 2 is 1.20 bits per heavy atom. The molecule has 8 aromatic carbocycles. The van der Waals surface area contributed by atoms with Gasteiger partial charge >= 0.3 is 0 Å². The lowest BCUT2D eigenvalue weighted by atomic mass is 9.81. The lowest BCUT2D eigenvalue weighted by Crippen LogP contribution is -2.28. The first-order valence-electron chi connectivity index (χ1n) is 20.5. The number of rotatable bonds is 5. The highest BCUT2D eigenvalue weighted by Gasteiger charge is 2.41. The molecule has 0 N–H and O–H groups in total. The fourth-order valence-corrected chi connectivity index (χ4v) is 11.3. The van der Waals surface area contributed by atoms with Gasteiger partial charge in [-0.3, -0.25) is 4.99 Å². The molecule has 0 spiro atoms. The number of nitrogens with zero attached hydrogens (tertiary/aromatic N) is 3. The number of thioether (sulfide) groups is 1. The van der Waals surface area contributed by atoms with E-state index in [1.54, 1.807) is 0 Å². The van der Waals surface area contributed by atoms with Crippen LogP contribution in [-0.4, -0.2) is 21.4 Å². The molecule has 3 nitrogen and oxygen atoms in total. The van der Waals surface area contributed by atoms with Crippen LogP contribution in [0.15, 0.2) is 203 Å². The molecular weight excluding hydrogens is 735 g/mol. The highest BCUT2D eigenvalue weighted by molar-refractivity contribution is 8.01. The topological polar surface area (TPSA) is 29.6 Å². The van der Waals surface area contributed by atoms with Gasteiger partial charge in [0.15, 0.2) is 5.84 Å². The summed E-state index contributed by atoms with van der Waals surface area (Å²) in [6, 6.07) is 68.6. The molecule has 0 amide bonds. The Hall–Kier alpha value is -6.75. The highest BCUT2D eigenvalue weighted by Crippen LogP contribution is 2.52. The summed E-state index contributed by atoms with van der Waals surface area (Å²) in [6.07, 6.45) is 0. The van der Waals surface area contributed by atoms with E-state index in [1.807, 2.05) is 11.8 Å². The quantitative estimate of drug-likeness (QED) is 0.171. The van der Waals surface area contributed by atoms with Gasteiger partial charge in [-0.2, -0.15) is 0 Å². The zero-order valence-electron chi connectivity index (χ0n) is 32.8. The molecular formula is C55H39N3S. The maximum atomic E-state index is 5.55. The molecule has 3 heterocycles. The minimum Gasteiger partial charge on any atom is -0.309 e. The van der Waals surface area contributed by atoms with Crippen molar-refractivity contribution in [1.29, 1.82) is 0 Å². The second-order valence-electron chi connectivity index (χ2n) is 16.5. The van der Waals surface area contributed by atoms with Crippen molar-refractivity contribution < 1.29 is 0 Å². The number of benzene rings is 8. The van der Waals surface area contributed by atoms with Crippen LogP contribution in [0.5, 0.6) is 0 Å². The molecule has 2 atom stereocenters. The van der Waals surface area contributed by atoms with Crippen molar-refractivity contribution >= 4 is 45.1 Å². The molecule has 280 valence electrons. The Balaban J connectivity index is 1.03. The van der Waals surface area contributed by atoms with E-state index < -0.39 is 0 Å². The zero-order chi connectivity index (χ0) is 39.2. The molecule has 9 aromatic rings. The summed E-state index contributed by atoms with van der Waals surface area (Å²) in [7, 11) is 0. The van der Waals surface area contributed by atoms with Gasteiger partial charge in [-0.1, -0.05) is 153 Å². The zero-order valence-corrected chi connectivity index (χ0v) is 33.6. The van der Waals surface area contributed by atoms with Crippen molar-refractivity contribution in [2.24, 2.45) is 9.98 Å². The van der Waals surface area contributed by atoms with Gasteiger partial charge in [0, 0.05) is 32.3 Å². The van der Waals surface area contributed by atoms with E-state index in [4.69, 9.17) is 9.98 Å². The van der Waals surface area contributed by atoms with E-state index in [2.05, 4.69) is 206 Å². The van der Waals surface area contributed by atoms with Gasteiger partial charge in [0.1, 0.15) is 0 Å². The summed E-state index contributed by atoms with van der Waals surface area (Å²) < 4.78 is 2.40. The molecule has 0 fully saturated rings. The number of aliphatic imine (C=N–C) groups is 2. The Labute approximate surface area is 348 Å². The first-order valence-corrected chi connectivity index (χ1v) is 21.3. The van der Waals surface area contributed by atoms with Gasteiger partial charge in [0.2, 0.25) is 0 Å². The van der Waals surface area contributed by atoms with Crippen molar-refractivity contribution in [3.63, 3.8) is 0 Å². The average molecular weight is 774 g/mol. The van der Waals surface area contributed by atoms with Gasteiger partial charge < -0.3 is 4.57 Å². The van der Waals surface area contributed by atoms with Gasteiger partial charge in [-0.25, -0.2) is 4.99 Å². The number of para-hydroxylation sites is 1. The van der Waals surface area contributed by atoms with E-state index >= 15 is 0 Å². The molecule has 0 bridgehead atoms. The van der Waals surface area contributed by atoms with E-state index in [9.17, 15) is 0 Å². The molecule has 2 unspecified atom stereocenters. The van der Waals surface area contributed by atoms with Crippen molar-refractivity contribution in [2.75, 3.05) is 0 Å². The minimum atomic E-state index is -0.0971. The Morgan fingerprint density at radius 3 is 2.08 bits per heavy atom. The van der Waals surface area contributed by atoms with Crippen LogP contribution in [0.3, 0.4) is 0 Å². The van der Waals surface area contributed by atoms with Crippen LogP contribution in [0.4, 0.5) is 0 Å². The van der Waals surface area contributed by atoms with Crippen LogP contribution in [-0.2, 0) is 5.41 Å². The minimum absolute atomic E-state index is 0.0236. The first kappa shape index (κ1) is 34.3. The fourth-order valence-electron chi connectivity index (χ4n) is 9.91. The molecule has 1 aliphatic carbocycles. The van der Waals surface area contributed by atoms with E-state index in [0.29, 0.717) is 0 Å². The number of aromatic nitrogens is 1. The number of amidine groups is 1. The second-order valence-corrected chi connectivity index (χ2v) is 17.6. The van der Waals surface area contributed by atoms with Gasteiger partial charge in [0.25, 0.3) is 0 Å². The number of hydrogen-bond donors (Lipinski definition) is 0. The Kier molecular flexibility index (Phi) is 7.64. The largest absolute Gasteiger partial charge is 0.309 e. The monoisotopic (exact) mass is 773 g/mol. The molecule has 0 saturated heterocycles. The van der Waals surface area contributed by atoms with Crippen LogP contribution >= 0.6 is 11.8 Å². The van der Waals surface area contributed by atoms with Crippen molar-refractivity contribution in [1.82, 2.24) is 4.57 Å². The first-order chi connectivity index (χ1) is 29.0. The van der Waals surface area contributed by atoms with Crippen LogP contribution in [0.1, 0.15) is 47.7 Å². The molecule has 3 aliphatic rings. The van der Waals surface area contributed by atoms with E-state index in [0.717, 1.165) is 28.4 Å². The van der Waals surface area contributed by atoms with Crippen LogP contribution < -0.4 is 0 Å². The van der Waals surface area contributed by atoms with Crippen molar-refractivity contribution in [3.8, 4) is 39.1 Å². The summed E-state index contributed by atoms with van der Waals surface area (Å²) in [4.78, 5) is 12.3. The third kappa shape index (κ3) is 5.29. The third-order valence-electron chi connectivity index (χ3n) is 12.8. The molecule has 1 aromatic heterocycles. The standard InChI is InChI=1S/C55H39N3S/c1-55(2)45-24-11-9-21-41(45)42-29-27-37(33-46(42)55)51-53-52(43-22-10-12-26-49(43)59-53)57-54(56-51)38-18-13-17-36(31-38)40-23-14-25-48-50(40)44-32-35(34-15-5-3-6-16-34)28-30-47(44)58(48)39-19-7-4-8-20-39/h3-33,52-53H,1-2H3. The molecule has 2 aliphatic heterocycles. The van der Waals surface area contributed by atoms with Crippen LogP contribution in [0, 0.1) is 0 Å². The molecule has 0 radical (unpaired) electrons. The summed E-state index contributed by atoms with van der Waals surface area (Å²) >= 11 is 1.90. The predicted molar refractivity (Wildman–Crippen MR) is 248 cm³/mol. The maximum Gasteiger partial charge on any atom is 0.155 e. The van der Waals surface area contributed by atoms with E-state index in [-0.39, 0.29) is 16.7 Å². The summed E-state index contributed by atoms with van der Waals surface area (Å²) in [5, 5.41) is 2.56. The molecule has 0 saturated carbocycles. The Morgan fingerprint density at radius 1 is 0.508 bits per heavy atom. The summed E-state index contributed by atoms with van der Waals surface area (Å²) in [6.45, 7) is 4.71. The average Bonchev–Trinajstić information content (AvgIpc) is 3.92. The van der Waals surface area contributed by atoms with Crippen LogP contribution in [0.2, 0.25) is 0 Å². The lowest BCUT2D eigenvalue weighted by molar-refractivity contribution is 0.660. The molecule has 12 rings (SSSR count). The van der Waals surface area contributed by atoms with Crippen LogP contribution in [0.25, 0.3) is 60.9 Å². The highest BCUT2D eigenvalue weighted by atomic mass is 32.2. The molecule has 4 heteroatoms. The third-order valence-corrected chi connectivity index (χ3v) is 14.1. The van der Waals surface area contributed by atoms with E-state index in [1.165, 1.54) is 76.8 Å². The normalized spacial score (nSPS) is 17.3. The number of fused-ring (bicyclic) bond motifs is 9. The predicted octanol–water partition coefficient (Wildman–Crippen LogP) is 13.9. The van der Waals surface area contributed by atoms with Crippen molar-refractivity contribution in [3.05, 3.63) is 216 Å². The van der Waals surface area contributed by atoms with Gasteiger partial charge in [0.05, 0.1) is 28.0 Å². The summed E-state index contributed by atoms with van der Waals surface area (Å²) in [5.41, 5.74) is 18.1. The molecule has 59 heavy (non-hydrogen) atoms. The summed E-state index contributed by atoms with van der Waals surface area (Å²) in [5.74, 6) is 0.786. The SMILES string of the molecule is CC1(C)c2ccccc2-c2ccc(C3=NC(c4cccc(-c5cccc6c5c5cc(-c7ccccc7)ccc5n6-c5ccccc5)c4)=NC4c5ccccc5SC34)cc21. The van der Waals surface area contributed by atoms with Gasteiger partial charge in [-0.15, -0.1) is 11.8 Å². The Bertz CT molecular complexity index is 3230. The fraction of sp³-hybridized carbons (Fsp3) is 0.0909. The van der Waals surface area contributed by atoms with Crippen molar-refractivity contribution in [2.45, 2.75) is 35.4 Å². The second kappa shape index (κ2) is 13.1. The smallest absolute Gasteiger partial charge is 0.155 e.